The molecule has 4 radical (unpaired) electrons. The van der Waals surface area contributed by atoms with E-state index in [1.54, 1.807) is 0 Å². The van der Waals surface area contributed by atoms with Crippen molar-refractivity contribution in [2.24, 2.45) is 30.8 Å². The molecular formula is C70H132N16O4. The number of rotatable bonds is 8. The zero-order valence-electron chi connectivity index (χ0n) is 62.0. The molecule has 4 N–H and O–H groups in total. The van der Waals surface area contributed by atoms with Gasteiger partial charge in [0, 0.05) is 112 Å². The second kappa shape index (κ2) is 26.7. The van der Waals surface area contributed by atoms with Crippen LogP contribution in [0.1, 0.15) is 289 Å². The minimum Gasteiger partial charge on any atom is -0.351 e. The van der Waals surface area contributed by atoms with E-state index in [2.05, 4.69) is 221 Å². The highest BCUT2D eigenvalue weighted by Gasteiger charge is 2.53. The van der Waals surface area contributed by atoms with Crippen LogP contribution in [0, 0.1) is 10.8 Å². The lowest BCUT2D eigenvalue weighted by Gasteiger charge is -2.54. The quantitative estimate of drug-likeness (QED) is 0.179. The van der Waals surface area contributed by atoms with Crippen molar-refractivity contribution in [2.75, 3.05) is 32.7 Å². The number of nitrogens with zero attached hydrogens (tertiary/aromatic N) is 12. The lowest BCUT2D eigenvalue weighted by Crippen LogP contribution is -2.66. The van der Waals surface area contributed by atoms with Gasteiger partial charge in [0.2, 0.25) is 24.2 Å². The number of hydrogen-bond donors (Lipinski definition) is 4. The fraction of sp³-hybridized carbons (Fsp3) is 0.943. The molecule has 516 valence electrons. The van der Waals surface area contributed by atoms with Crippen LogP contribution < -0.4 is 21.3 Å². The summed E-state index contributed by atoms with van der Waals surface area (Å²) in [5.41, 5.74) is -5.40. The first-order valence-electron chi connectivity index (χ1n) is 35.2. The number of aliphatic imine (C=N–C) groups is 4. The van der Waals surface area contributed by atoms with Gasteiger partial charge in [-0.3, -0.25) is 20.0 Å². The second-order valence-corrected chi connectivity index (χ2v) is 37.9. The molecule has 0 aromatic rings. The first-order valence-corrected chi connectivity index (χ1v) is 35.2. The van der Waals surface area contributed by atoms with Gasteiger partial charge in [-0.2, -0.15) is 0 Å². The van der Waals surface area contributed by atoms with E-state index < -0.39 is 56.9 Å². The summed E-state index contributed by atoms with van der Waals surface area (Å²) in [7, 11) is 0. The van der Waals surface area contributed by atoms with Crippen LogP contribution in [0.25, 0.3) is 0 Å². The predicted molar refractivity (Wildman–Crippen MR) is 365 cm³/mol. The zero-order chi connectivity index (χ0) is 67.6. The summed E-state index contributed by atoms with van der Waals surface area (Å²) in [4.78, 5) is 32.7. The Labute approximate surface area is 548 Å². The van der Waals surface area contributed by atoms with Crippen LogP contribution in [-0.4, -0.2) is 188 Å². The number of fused-ring (bicyclic) bond motifs is 3. The van der Waals surface area contributed by atoms with Crippen LogP contribution in [0.2, 0.25) is 0 Å². The molecule has 90 heavy (non-hydrogen) atoms. The van der Waals surface area contributed by atoms with Crippen LogP contribution in [-0.2, 0) is 20.8 Å². The molecule has 4 bridgehead atoms. The number of piperidine rings is 4. The van der Waals surface area contributed by atoms with Gasteiger partial charge in [0.15, 0.2) is 6.29 Å². The van der Waals surface area contributed by atoms with E-state index in [0.29, 0.717) is 63.4 Å². The smallest absolute Gasteiger partial charge is 0.223 e. The molecule has 0 aromatic heterocycles. The van der Waals surface area contributed by atoms with Crippen LogP contribution in [0.3, 0.4) is 0 Å². The molecular weight excluding hydrogens is 1130 g/mol. The van der Waals surface area contributed by atoms with Crippen molar-refractivity contribution in [2.45, 2.75) is 381 Å². The summed E-state index contributed by atoms with van der Waals surface area (Å²) < 4.78 is 0. The number of hydroxylamine groups is 8. The Balaban J connectivity index is 1.37. The van der Waals surface area contributed by atoms with Crippen LogP contribution in [0.4, 0.5) is 0 Å². The summed E-state index contributed by atoms with van der Waals surface area (Å²) in [6.45, 7) is 60.1. The zero-order valence-corrected chi connectivity index (χ0v) is 62.0. The molecule has 2 unspecified atom stereocenters. The van der Waals surface area contributed by atoms with Gasteiger partial charge in [0.25, 0.3) is 0 Å². The van der Waals surface area contributed by atoms with Gasteiger partial charge in [-0.25, -0.2) is 20.0 Å². The van der Waals surface area contributed by atoms with Crippen molar-refractivity contribution in [3.8, 4) is 0 Å². The van der Waals surface area contributed by atoms with Gasteiger partial charge < -0.3 is 20.9 Å². The standard InChI is InChI=1S/C70H132N16O4/c1-59(2,3)47-61(7,8)77-54-71-53-33-38-79(49-39-63(11,12)83(87)64(13,14)40-49)34-31-32-37-82(52-45-69(23,24)86(90)70(25,26)46-52)58-75-55(78-62(9,10)48-60(4,5)6)74-57(76-58)81(51-43-67(19,20)85(89)68(21,22)44-51)36-30-28-27-29-35-80(56(72-53)73-54)50-41-65(15,16)84(88)66(17,18)42-50/h49-52,56-57H,27-48H2,1-26H3,(H2,71,72,73,77)(H2,74,75,76,78). The Morgan fingerprint density at radius 1 is 0.433 bits per heavy atom. The van der Waals surface area contributed by atoms with E-state index in [4.69, 9.17) is 20.0 Å². The van der Waals surface area contributed by atoms with E-state index in [-0.39, 0.29) is 46.1 Å². The predicted octanol–water partition coefficient (Wildman–Crippen LogP) is 12.3. The molecule has 2 atom stereocenters. The molecule has 0 amide bonds. The average Bonchev–Trinajstić information content (AvgIpc) is 0.787. The van der Waals surface area contributed by atoms with E-state index in [9.17, 15) is 20.8 Å². The topological polar surface area (TPSA) is 203 Å². The minimum absolute atomic E-state index is 0.00669. The van der Waals surface area contributed by atoms with Gasteiger partial charge in [0.1, 0.15) is 5.84 Å². The summed E-state index contributed by atoms with van der Waals surface area (Å²) in [5, 5.41) is 77.6. The third kappa shape index (κ3) is 18.6. The van der Waals surface area contributed by atoms with Crippen LogP contribution in [0.15, 0.2) is 20.0 Å². The first-order chi connectivity index (χ1) is 40.8. The van der Waals surface area contributed by atoms with Crippen molar-refractivity contribution in [3.63, 3.8) is 0 Å². The van der Waals surface area contributed by atoms with Crippen molar-refractivity contribution in [3.05, 3.63) is 0 Å². The highest BCUT2D eigenvalue weighted by Crippen LogP contribution is 2.45. The maximum absolute atomic E-state index is 14.2. The Morgan fingerprint density at radius 3 is 1.26 bits per heavy atom. The lowest BCUT2D eigenvalue weighted by atomic mass is 9.78. The molecule has 20 nitrogen and oxygen atoms in total. The second-order valence-electron chi connectivity index (χ2n) is 37.9. The molecule has 7 aliphatic rings. The maximum atomic E-state index is 14.2. The number of amidine groups is 1. The highest BCUT2D eigenvalue weighted by molar-refractivity contribution is 6.00. The fourth-order valence-electron chi connectivity index (χ4n) is 18.5. The Bertz CT molecular complexity index is 2480. The lowest BCUT2D eigenvalue weighted by molar-refractivity contribution is -0.295. The third-order valence-electron chi connectivity index (χ3n) is 20.7. The van der Waals surface area contributed by atoms with Crippen molar-refractivity contribution in [1.29, 1.82) is 0 Å². The summed E-state index contributed by atoms with van der Waals surface area (Å²) in [6, 6.07) is 0.195. The minimum atomic E-state index is -0.635. The molecule has 7 rings (SSSR count). The van der Waals surface area contributed by atoms with Gasteiger partial charge in [-0.1, -0.05) is 54.4 Å². The Hall–Kier alpha value is -2.76. The molecule has 0 saturated carbocycles. The first kappa shape index (κ1) is 74.6. The number of hydrogen-bond acceptors (Lipinski definition) is 16. The van der Waals surface area contributed by atoms with Crippen molar-refractivity contribution in [1.82, 2.24) is 61.1 Å². The normalized spacial score (nSPS) is 29.5. The Morgan fingerprint density at radius 2 is 0.811 bits per heavy atom. The summed E-state index contributed by atoms with van der Waals surface area (Å²) in [6.07, 6.45) is 12.5. The molecule has 20 heteroatoms. The average molecular weight is 1260 g/mol. The molecule has 7 aliphatic heterocycles. The Kier molecular flexibility index (Phi) is 22.1. The van der Waals surface area contributed by atoms with Crippen LogP contribution in [0.5, 0.6) is 0 Å². The molecule has 0 aromatic carbocycles. The van der Waals surface area contributed by atoms with Gasteiger partial charge in [0.05, 0.1) is 0 Å². The molecule has 0 spiro atoms. The highest BCUT2D eigenvalue weighted by atomic mass is 16.5. The number of guanidine groups is 3. The number of nitrogens with one attached hydrogen (secondary N) is 4. The van der Waals surface area contributed by atoms with E-state index in [1.807, 2.05) is 0 Å². The van der Waals surface area contributed by atoms with Crippen molar-refractivity contribution < 1.29 is 20.8 Å². The molecule has 0 aliphatic carbocycles. The van der Waals surface area contributed by atoms with Gasteiger partial charge >= 0.3 is 0 Å². The van der Waals surface area contributed by atoms with E-state index >= 15 is 0 Å². The van der Waals surface area contributed by atoms with E-state index in [1.165, 1.54) is 20.3 Å². The van der Waals surface area contributed by atoms with Crippen molar-refractivity contribution >= 4 is 23.7 Å². The monoisotopic (exact) mass is 1260 g/mol. The largest absolute Gasteiger partial charge is 0.351 e. The maximum Gasteiger partial charge on any atom is 0.223 e. The molecule has 4 saturated heterocycles. The van der Waals surface area contributed by atoms with Gasteiger partial charge in [-0.05, 0) is 246 Å². The van der Waals surface area contributed by atoms with Gasteiger partial charge in [-0.15, -0.1) is 41.1 Å². The van der Waals surface area contributed by atoms with Crippen LogP contribution >= 0.6 is 0 Å². The third-order valence-corrected chi connectivity index (χ3v) is 20.7. The fourth-order valence-corrected chi connectivity index (χ4v) is 18.5. The SMILES string of the molecule is CC(C)(C)CC(C)(C)NC1=NC2NC(=N1)CCN(C1CC(C)(C)N([O])C(C)(C)C1)CCCCN(C1CC(C)(C)N([O])C(C)(C)C1)C1=NC(N=C(NC(C)(C)CC(C)(C)C)N1)N(C1CC(C)(C)N([O])C(C)(C)C1)CCCCCCN2C1CC(C)(C)N([O])C(C)(C)C1. The summed E-state index contributed by atoms with van der Waals surface area (Å²) in [5.74, 6) is 3.00. The summed E-state index contributed by atoms with van der Waals surface area (Å²) >= 11 is 0. The molecule has 4 fully saturated rings. The molecule has 7 heterocycles. The van der Waals surface area contributed by atoms with E-state index in [0.717, 1.165) is 102 Å².